The number of nitrogens with one attached hydrogen (secondary N) is 1. The molecule has 1 aliphatic rings. The Balaban J connectivity index is 1.62. The van der Waals surface area contributed by atoms with E-state index in [0.29, 0.717) is 11.4 Å². The minimum absolute atomic E-state index is 0.349. The van der Waals surface area contributed by atoms with Gasteiger partial charge in [-0.25, -0.2) is 17.7 Å². The Bertz CT molecular complexity index is 1010. The Hall–Kier alpha value is -2.38. The first-order valence-electron chi connectivity index (χ1n) is 8.19. The van der Waals surface area contributed by atoms with Crippen molar-refractivity contribution < 1.29 is 8.42 Å². The third-order valence-electron chi connectivity index (χ3n) is 4.60. The van der Waals surface area contributed by atoms with Gasteiger partial charge in [-0.05, 0) is 42.3 Å². The molecule has 1 aromatic heterocycles. The molecule has 2 aromatic carbocycles. The zero-order valence-electron chi connectivity index (χ0n) is 14.2. The molecule has 7 heteroatoms. The van der Waals surface area contributed by atoms with Gasteiger partial charge in [0.15, 0.2) is 0 Å². The summed E-state index contributed by atoms with van der Waals surface area (Å²) in [5.41, 5.74) is 4.14. The number of hydrogen-bond acceptors (Lipinski definition) is 4. The van der Waals surface area contributed by atoms with Crippen LogP contribution in [0.5, 0.6) is 0 Å². The van der Waals surface area contributed by atoms with Crippen LogP contribution in [0.25, 0.3) is 11.0 Å². The van der Waals surface area contributed by atoms with Crippen LogP contribution in [0.1, 0.15) is 11.4 Å². The molecule has 3 aromatic rings. The number of aromatic nitrogens is 2. The van der Waals surface area contributed by atoms with E-state index in [1.54, 1.807) is 26.2 Å². The Morgan fingerprint density at radius 1 is 1.20 bits per heavy atom. The fourth-order valence-electron chi connectivity index (χ4n) is 3.24. The highest BCUT2D eigenvalue weighted by Gasteiger charge is 2.24. The summed E-state index contributed by atoms with van der Waals surface area (Å²) in [6, 6.07) is 13.4. The van der Waals surface area contributed by atoms with E-state index < -0.39 is 10.0 Å². The highest BCUT2D eigenvalue weighted by Crippen LogP contribution is 2.31. The molecule has 0 bridgehead atoms. The molecule has 6 nitrogen and oxygen atoms in total. The normalized spacial score (nSPS) is 14.4. The molecule has 0 saturated heterocycles. The van der Waals surface area contributed by atoms with Gasteiger partial charge in [0.2, 0.25) is 10.0 Å². The Morgan fingerprint density at radius 2 is 2.00 bits per heavy atom. The van der Waals surface area contributed by atoms with Gasteiger partial charge in [0, 0.05) is 26.3 Å². The van der Waals surface area contributed by atoms with Gasteiger partial charge in [0.25, 0.3) is 0 Å². The summed E-state index contributed by atoms with van der Waals surface area (Å²) in [5, 5.41) is 0. The van der Waals surface area contributed by atoms with Gasteiger partial charge in [-0.3, -0.25) is 0 Å². The molecule has 2 heterocycles. The quantitative estimate of drug-likeness (QED) is 0.779. The third kappa shape index (κ3) is 2.79. The maximum absolute atomic E-state index is 12.3. The van der Waals surface area contributed by atoms with Crippen molar-refractivity contribution in [3.05, 3.63) is 53.9 Å². The lowest BCUT2D eigenvalue weighted by Gasteiger charge is -2.18. The summed E-state index contributed by atoms with van der Waals surface area (Å²) in [5.74, 6) is 0.916. The molecule has 0 radical (unpaired) electrons. The summed E-state index contributed by atoms with van der Waals surface area (Å²) in [6.45, 7) is 1.54. The molecule has 0 saturated carbocycles. The van der Waals surface area contributed by atoms with E-state index in [1.165, 1.54) is 4.31 Å². The highest BCUT2D eigenvalue weighted by molar-refractivity contribution is 7.89. The van der Waals surface area contributed by atoms with Crippen LogP contribution in [0.4, 0.5) is 5.69 Å². The van der Waals surface area contributed by atoms with Gasteiger partial charge in [-0.1, -0.05) is 12.1 Å². The molecule has 0 unspecified atom stereocenters. The molecule has 0 atom stereocenters. The van der Waals surface area contributed by atoms with Gasteiger partial charge in [0.05, 0.1) is 22.5 Å². The lowest BCUT2D eigenvalue weighted by molar-refractivity contribution is 0.520. The Morgan fingerprint density at radius 3 is 2.76 bits per heavy atom. The number of para-hydroxylation sites is 2. The number of nitrogens with zero attached hydrogens (tertiary/aromatic N) is 3. The molecule has 25 heavy (non-hydrogen) atoms. The van der Waals surface area contributed by atoms with Gasteiger partial charge < -0.3 is 9.88 Å². The first kappa shape index (κ1) is 16.1. The van der Waals surface area contributed by atoms with Crippen LogP contribution in [0, 0.1) is 0 Å². The monoisotopic (exact) mass is 356 g/mol. The number of fused-ring (bicyclic) bond motifs is 2. The van der Waals surface area contributed by atoms with Gasteiger partial charge in [0.1, 0.15) is 5.82 Å². The maximum Gasteiger partial charge on any atom is 0.242 e. The lowest BCUT2D eigenvalue weighted by Crippen LogP contribution is -2.22. The number of aromatic amines is 1. The van der Waals surface area contributed by atoms with Crippen LogP contribution in [0.2, 0.25) is 0 Å². The fraction of sp³-hybridized carbons (Fsp3) is 0.278. The van der Waals surface area contributed by atoms with Crippen molar-refractivity contribution in [3.63, 3.8) is 0 Å². The van der Waals surface area contributed by atoms with Crippen molar-refractivity contribution in [2.24, 2.45) is 0 Å². The number of benzene rings is 2. The zero-order valence-corrected chi connectivity index (χ0v) is 15.0. The summed E-state index contributed by atoms with van der Waals surface area (Å²) in [4.78, 5) is 10.6. The van der Waals surface area contributed by atoms with E-state index in [2.05, 4.69) is 14.9 Å². The van der Waals surface area contributed by atoms with Crippen LogP contribution >= 0.6 is 0 Å². The first-order chi connectivity index (χ1) is 11.9. The van der Waals surface area contributed by atoms with Crippen LogP contribution in [-0.2, 0) is 23.0 Å². The van der Waals surface area contributed by atoms with Crippen molar-refractivity contribution in [3.8, 4) is 0 Å². The van der Waals surface area contributed by atoms with Crippen molar-refractivity contribution in [1.29, 1.82) is 0 Å². The van der Waals surface area contributed by atoms with Crippen molar-refractivity contribution in [2.45, 2.75) is 17.9 Å². The number of hydrogen-bond donors (Lipinski definition) is 1. The highest BCUT2D eigenvalue weighted by atomic mass is 32.2. The van der Waals surface area contributed by atoms with Gasteiger partial charge in [-0.15, -0.1) is 0 Å². The van der Waals surface area contributed by atoms with Crippen molar-refractivity contribution >= 4 is 26.7 Å². The minimum atomic E-state index is -3.40. The molecule has 0 fully saturated rings. The topological polar surface area (TPSA) is 69.3 Å². The molecular formula is C18H20N4O2S. The molecule has 0 spiro atoms. The zero-order chi connectivity index (χ0) is 17.6. The van der Waals surface area contributed by atoms with E-state index in [0.717, 1.165) is 41.1 Å². The third-order valence-corrected chi connectivity index (χ3v) is 6.41. The number of rotatable bonds is 4. The SMILES string of the molecule is CN(C)S(=O)(=O)c1ccc2c(c1)CCN2Cc1nc2ccccc2[nH]1. The van der Waals surface area contributed by atoms with Crippen LogP contribution in [0.3, 0.4) is 0 Å². The fourth-order valence-corrected chi connectivity index (χ4v) is 4.20. The lowest BCUT2D eigenvalue weighted by atomic mass is 10.2. The van der Waals surface area contributed by atoms with E-state index >= 15 is 0 Å². The standard InChI is InChI=1S/C18H20N4O2S/c1-21(2)25(23,24)14-7-8-17-13(11-14)9-10-22(17)12-18-19-15-5-3-4-6-16(15)20-18/h3-8,11H,9-10,12H2,1-2H3,(H,19,20). The molecule has 0 aliphatic carbocycles. The molecule has 1 aliphatic heterocycles. The average molecular weight is 356 g/mol. The largest absolute Gasteiger partial charge is 0.364 e. The van der Waals surface area contributed by atoms with Crippen LogP contribution < -0.4 is 4.90 Å². The Labute approximate surface area is 147 Å². The predicted molar refractivity (Wildman–Crippen MR) is 98.2 cm³/mol. The summed E-state index contributed by atoms with van der Waals surface area (Å²) in [7, 11) is -0.292. The molecule has 1 N–H and O–H groups in total. The second kappa shape index (κ2) is 5.86. The van der Waals surface area contributed by atoms with Crippen molar-refractivity contribution in [1.82, 2.24) is 14.3 Å². The first-order valence-corrected chi connectivity index (χ1v) is 9.63. The van der Waals surface area contributed by atoms with Gasteiger partial charge >= 0.3 is 0 Å². The van der Waals surface area contributed by atoms with E-state index in [9.17, 15) is 8.42 Å². The molecular weight excluding hydrogens is 336 g/mol. The number of imidazole rings is 1. The average Bonchev–Trinajstić information content (AvgIpc) is 3.18. The number of sulfonamides is 1. The Kier molecular flexibility index (Phi) is 3.77. The van der Waals surface area contributed by atoms with E-state index in [1.807, 2.05) is 30.3 Å². The summed E-state index contributed by atoms with van der Waals surface area (Å²) in [6.07, 6.45) is 0.840. The number of H-pyrrole nitrogens is 1. The van der Waals surface area contributed by atoms with E-state index in [4.69, 9.17) is 0 Å². The van der Waals surface area contributed by atoms with Gasteiger partial charge in [-0.2, -0.15) is 0 Å². The van der Waals surface area contributed by atoms with Crippen LogP contribution in [-0.4, -0.2) is 43.3 Å². The maximum atomic E-state index is 12.3. The van der Waals surface area contributed by atoms with E-state index in [-0.39, 0.29) is 0 Å². The number of anilines is 1. The predicted octanol–water partition coefficient (Wildman–Crippen LogP) is 2.38. The molecule has 0 amide bonds. The second-order valence-corrected chi connectivity index (χ2v) is 8.60. The molecule has 4 rings (SSSR count). The smallest absolute Gasteiger partial charge is 0.242 e. The van der Waals surface area contributed by atoms with Crippen LogP contribution in [0.15, 0.2) is 47.4 Å². The minimum Gasteiger partial charge on any atom is -0.364 e. The molecule has 130 valence electrons. The second-order valence-electron chi connectivity index (χ2n) is 6.45. The summed E-state index contributed by atoms with van der Waals surface area (Å²) < 4.78 is 25.8. The van der Waals surface area contributed by atoms with Crippen molar-refractivity contribution in [2.75, 3.05) is 25.5 Å². The summed E-state index contributed by atoms with van der Waals surface area (Å²) >= 11 is 0.